The third-order valence-electron chi connectivity index (χ3n) is 4.62. The molecule has 8 heteroatoms. The minimum Gasteiger partial charge on any atom is -0.497 e. The molecular weight excluding hydrogens is 412 g/mol. The van der Waals surface area contributed by atoms with E-state index in [1.165, 1.54) is 16.8 Å². The molecule has 0 aliphatic carbocycles. The van der Waals surface area contributed by atoms with Crippen molar-refractivity contribution in [2.45, 2.75) is 13.5 Å². The minimum atomic E-state index is -0.465. The first-order chi connectivity index (χ1) is 15.4. The summed E-state index contributed by atoms with van der Waals surface area (Å²) in [5.74, 6) is -0.0721. The maximum Gasteiger partial charge on any atom is 0.338 e. The Morgan fingerprint density at radius 2 is 1.81 bits per heavy atom. The van der Waals surface area contributed by atoms with Crippen molar-refractivity contribution >= 4 is 17.6 Å². The van der Waals surface area contributed by atoms with Gasteiger partial charge >= 0.3 is 5.97 Å². The van der Waals surface area contributed by atoms with Crippen LogP contribution in [0.3, 0.4) is 0 Å². The Balaban J connectivity index is 1.69. The van der Waals surface area contributed by atoms with Gasteiger partial charge in [0.2, 0.25) is 5.43 Å². The van der Waals surface area contributed by atoms with Gasteiger partial charge in [-0.3, -0.25) is 9.59 Å². The number of benzene rings is 2. The fraction of sp³-hybridized carbons (Fsp3) is 0.208. The molecule has 0 bridgehead atoms. The first-order valence-electron chi connectivity index (χ1n) is 9.96. The number of carbonyl (C=O) groups excluding carboxylic acids is 2. The number of pyridine rings is 1. The van der Waals surface area contributed by atoms with E-state index in [-0.39, 0.29) is 24.7 Å². The van der Waals surface area contributed by atoms with Crippen molar-refractivity contribution in [3.63, 3.8) is 0 Å². The van der Waals surface area contributed by atoms with E-state index in [1.54, 1.807) is 45.3 Å². The zero-order chi connectivity index (χ0) is 23.1. The number of hydrogen-bond donors (Lipinski definition) is 1. The van der Waals surface area contributed by atoms with Crippen LogP contribution in [0.1, 0.15) is 33.3 Å². The molecule has 166 valence electrons. The molecule has 1 amide bonds. The summed E-state index contributed by atoms with van der Waals surface area (Å²) < 4.78 is 17.3. The highest BCUT2D eigenvalue weighted by Gasteiger charge is 2.14. The quantitative estimate of drug-likeness (QED) is 0.544. The molecule has 0 aliphatic rings. The first-order valence-corrected chi connectivity index (χ1v) is 9.96. The topological polar surface area (TPSA) is 95.9 Å². The summed E-state index contributed by atoms with van der Waals surface area (Å²) in [4.78, 5) is 36.9. The molecule has 0 radical (unpaired) electrons. The van der Waals surface area contributed by atoms with Crippen LogP contribution in [0.5, 0.6) is 11.5 Å². The lowest BCUT2D eigenvalue weighted by atomic mass is 10.2. The second-order valence-corrected chi connectivity index (χ2v) is 6.89. The Hall–Kier alpha value is -4.07. The van der Waals surface area contributed by atoms with Gasteiger partial charge in [-0.1, -0.05) is 12.1 Å². The number of anilines is 1. The van der Waals surface area contributed by atoms with Crippen LogP contribution in [0.4, 0.5) is 5.69 Å². The van der Waals surface area contributed by atoms with Gasteiger partial charge in [0.15, 0.2) is 5.75 Å². The lowest BCUT2D eigenvalue weighted by molar-refractivity contribution is 0.0526. The number of carbonyl (C=O) groups is 2. The third kappa shape index (κ3) is 5.54. The van der Waals surface area contributed by atoms with E-state index in [1.807, 2.05) is 24.3 Å². The Morgan fingerprint density at radius 3 is 2.50 bits per heavy atom. The van der Waals surface area contributed by atoms with Crippen molar-refractivity contribution in [3.05, 3.63) is 87.8 Å². The fourth-order valence-electron chi connectivity index (χ4n) is 2.96. The number of rotatable bonds is 8. The standard InChI is InChI=1S/C24H24N2O6/c1-4-31-24(29)17-8-10-18(11-9-17)25-23(28)20-13-21(27)22(14-26(20)2)32-15-16-6-5-7-19(12-16)30-3/h5-14H,4,15H2,1-3H3,(H,25,28). The van der Waals surface area contributed by atoms with Crippen LogP contribution in [0, 0.1) is 0 Å². The Labute approximate surface area is 185 Å². The summed E-state index contributed by atoms with van der Waals surface area (Å²) >= 11 is 0. The molecule has 32 heavy (non-hydrogen) atoms. The van der Waals surface area contributed by atoms with Crippen LogP contribution in [-0.4, -0.2) is 30.2 Å². The SMILES string of the molecule is CCOC(=O)c1ccc(NC(=O)c2cc(=O)c(OCc3cccc(OC)c3)cn2C)cc1. The Morgan fingerprint density at radius 1 is 1.06 bits per heavy atom. The number of aromatic nitrogens is 1. The predicted octanol–water partition coefficient (Wildman–Crippen LogP) is 3.40. The van der Waals surface area contributed by atoms with E-state index in [9.17, 15) is 14.4 Å². The number of nitrogens with one attached hydrogen (secondary N) is 1. The van der Waals surface area contributed by atoms with Crippen LogP contribution in [0.15, 0.2) is 65.6 Å². The van der Waals surface area contributed by atoms with Gasteiger partial charge < -0.3 is 24.1 Å². The molecule has 1 N–H and O–H groups in total. The highest BCUT2D eigenvalue weighted by atomic mass is 16.5. The van der Waals surface area contributed by atoms with E-state index in [0.717, 1.165) is 5.56 Å². The van der Waals surface area contributed by atoms with Crippen LogP contribution in [-0.2, 0) is 18.4 Å². The largest absolute Gasteiger partial charge is 0.497 e. The van der Waals surface area contributed by atoms with Crippen LogP contribution in [0.2, 0.25) is 0 Å². The number of methoxy groups -OCH3 is 1. The second-order valence-electron chi connectivity index (χ2n) is 6.89. The molecule has 2 aromatic carbocycles. The van der Waals surface area contributed by atoms with E-state index in [0.29, 0.717) is 17.0 Å². The number of ether oxygens (including phenoxy) is 3. The average molecular weight is 436 g/mol. The predicted molar refractivity (Wildman–Crippen MR) is 119 cm³/mol. The van der Waals surface area contributed by atoms with Gasteiger partial charge in [0, 0.05) is 18.8 Å². The van der Waals surface area contributed by atoms with Gasteiger partial charge in [-0.05, 0) is 48.9 Å². The normalized spacial score (nSPS) is 10.3. The van der Waals surface area contributed by atoms with Gasteiger partial charge in [-0.2, -0.15) is 0 Å². The van der Waals surface area contributed by atoms with E-state index >= 15 is 0 Å². The van der Waals surface area contributed by atoms with Gasteiger partial charge in [0.25, 0.3) is 5.91 Å². The number of nitrogens with zero attached hydrogens (tertiary/aromatic N) is 1. The fourth-order valence-corrected chi connectivity index (χ4v) is 2.96. The molecule has 3 rings (SSSR count). The van der Waals surface area contributed by atoms with E-state index < -0.39 is 17.3 Å². The second kappa shape index (κ2) is 10.3. The summed E-state index contributed by atoms with van der Waals surface area (Å²) in [5, 5.41) is 2.71. The molecule has 0 spiro atoms. The van der Waals surface area contributed by atoms with Crippen LogP contribution >= 0.6 is 0 Å². The Kier molecular flexibility index (Phi) is 7.28. The summed E-state index contributed by atoms with van der Waals surface area (Å²) in [5.41, 5.74) is 1.47. The lowest BCUT2D eigenvalue weighted by Crippen LogP contribution is -2.21. The number of esters is 1. The smallest absolute Gasteiger partial charge is 0.338 e. The van der Waals surface area contributed by atoms with Crippen molar-refractivity contribution in [2.75, 3.05) is 19.0 Å². The zero-order valence-corrected chi connectivity index (χ0v) is 18.1. The van der Waals surface area contributed by atoms with Crippen molar-refractivity contribution in [3.8, 4) is 11.5 Å². The average Bonchev–Trinajstić information content (AvgIpc) is 2.80. The van der Waals surface area contributed by atoms with Crippen molar-refractivity contribution in [2.24, 2.45) is 7.05 Å². The maximum absolute atomic E-state index is 12.7. The van der Waals surface area contributed by atoms with Gasteiger partial charge in [0.1, 0.15) is 18.1 Å². The van der Waals surface area contributed by atoms with Crippen LogP contribution in [0.25, 0.3) is 0 Å². The van der Waals surface area contributed by atoms with Gasteiger partial charge in [-0.15, -0.1) is 0 Å². The molecule has 1 heterocycles. The maximum atomic E-state index is 12.7. The van der Waals surface area contributed by atoms with Gasteiger partial charge in [0.05, 0.1) is 25.5 Å². The summed E-state index contributed by atoms with van der Waals surface area (Å²) in [6, 6.07) is 14.9. The zero-order valence-electron chi connectivity index (χ0n) is 18.1. The molecule has 0 unspecified atom stereocenters. The highest BCUT2D eigenvalue weighted by molar-refractivity contribution is 6.03. The van der Waals surface area contributed by atoms with Crippen LogP contribution < -0.4 is 20.2 Å². The van der Waals surface area contributed by atoms with E-state index in [2.05, 4.69) is 5.32 Å². The number of aryl methyl sites for hydroxylation is 1. The molecule has 3 aromatic rings. The van der Waals surface area contributed by atoms with Crippen molar-refractivity contribution in [1.82, 2.24) is 4.57 Å². The molecule has 0 saturated carbocycles. The molecule has 0 saturated heterocycles. The molecule has 0 fully saturated rings. The number of amides is 1. The number of hydrogen-bond acceptors (Lipinski definition) is 6. The first kappa shape index (κ1) is 22.6. The highest BCUT2D eigenvalue weighted by Crippen LogP contribution is 2.16. The van der Waals surface area contributed by atoms with Gasteiger partial charge in [-0.25, -0.2) is 4.79 Å². The molecule has 0 atom stereocenters. The van der Waals surface area contributed by atoms with E-state index in [4.69, 9.17) is 14.2 Å². The summed E-state index contributed by atoms with van der Waals surface area (Å²) in [6.07, 6.45) is 1.47. The molecular formula is C24H24N2O6. The molecule has 0 aliphatic heterocycles. The third-order valence-corrected chi connectivity index (χ3v) is 4.62. The van der Waals surface area contributed by atoms with Crippen molar-refractivity contribution in [1.29, 1.82) is 0 Å². The summed E-state index contributed by atoms with van der Waals surface area (Å²) in [6.45, 7) is 2.20. The summed E-state index contributed by atoms with van der Waals surface area (Å²) in [7, 11) is 3.23. The lowest BCUT2D eigenvalue weighted by Gasteiger charge is -2.12. The molecule has 1 aromatic heterocycles. The minimum absolute atomic E-state index is 0.130. The molecule has 8 nitrogen and oxygen atoms in total. The van der Waals surface area contributed by atoms with Crippen molar-refractivity contribution < 1.29 is 23.8 Å². The monoisotopic (exact) mass is 436 g/mol. The Bertz CT molecular complexity index is 1170.